The Bertz CT molecular complexity index is 1000. The fourth-order valence-electron chi connectivity index (χ4n) is 2.72. The third-order valence-corrected chi connectivity index (χ3v) is 5.32. The molecule has 0 aliphatic rings. The number of nitrogens with zero attached hydrogens (tertiary/aromatic N) is 4. The molecule has 1 amide bonds. The molecule has 0 fully saturated rings. The molecule has 0 atom stereocenters. The van der Waals surface area contributed by atoms with Crippen LogP contribution in [-0.2, 0) is 23.5 Å². The van der Waals surface area contributed by atoms with Gasteiger partial charge in [0.05, 0.1) is 11.3 Å². The van der Waals surface area contributed by atoms with Crippen LogP contribution < -0.4 is 5.32 Å². The molecule has 150 valence electrons. The number of hydrogen-bond donors (Lipinski definition) is 1. The van der Waals surface area contributed by atoms with Gasteiger partial charge in [-0.25, -0.2) is 0 Å². The number of nitro groups is 1. The van der Waals surface area contributed by atoms with E-state index in [1.165, 1.54) is 23.9 Å². The van der Waals surface area contributed by atoms with Crippen LogP contribution in [0.1, 0.15) is 23.9 Å². The van der Waals surface area contributed by atoms with E-state index in [4.69, 9.17) is 0 Å². The minimum Gasteiger partial charge on any atom is -0.326 e. The number of benzene rings is 2. The highest BCUT2D eigenvalue weighted by atomic mass is 32.2. The number of nitrogens with one attached hydrogen (secondary N) is 1. The topological polar surface area (TPSA) is 103 Å². The molecule has 0 saturated heterocycles. The first-order chi connectivity index (χ1) is 14.0. The predicted octanol–water partition coefficient (Wildman–Crippen LogP) is 3.99. The van der Waals surface area contributed by atoms with Crippen molar-refractivity contribution in [3.05, 3.63) is 75.6 Å². The van der Waals surface area contributed by atoms with Crippen LogP contribution >= 0.6 is 11.8 Å². The molecule has 1 heterocycles. The molecule has 2 aromatic carbocycles. The molecule has 0 saturated carbocycles. The minimum absolute atomic E-state index is 0.0670. The Balaban J connectivity index is 1.62. The van der Waals surface area contributed by atoms with Crippen LogP contribution in [0.25, 0.3) is 0 Å². The van der Waals surface area contributed by atoms with Crippen LogP contribution in [-0.4, -0.2) is 25.6 Å². The zero-order chi connectivity index (χ0) is 20.8. The van der Waals surface area contributed by atoms with Gasteiger partial charge in [-0.15, -0.1) is 10.2 Å². The van der Waals surface area contributed by atoms with E-state index in [0.717, 1.165) is 16.8 Å². The molecular formula is C20H21N5O3S. The standard InChI is InChI=1S/C20H21N5O3S/c1-3-24-18(12-19(26)21-16-8-4-14(2)5-9-16)22-23-20(24)29-13-15-6-10-17(11-7-15)25(27)28/h4-11H,3,12-13H2,1-2H3,(H,21,26). The van der Waals surface area contributed by atoms with Gasteiger partial charge in [-0.2, -0.15) is 0 Å². The molecule has 0 aliphatic carbocycles. The molecule has 1 N–H and O–H groups in total. The maximum absolute atomic E-state index is 12.4. The number of non-ortho nitro benzene ring substituents is 1. The highest BCUT2D eigenvalue weighted by Crippen LogP contribution is 2.23. The molecule has 3 aromatic rings. The predicted molar refractivity (Wildman–Crippen MR) is 112 cm³/mol. The Morgan fingerprint density at radius 2 is 1.83 bits per heavy atom. The molecule has 1 aromatic heterocycles. The number of carbonyl (C=O) groups is 1. The number of aryl methyl sites for hydroxylation is 1. The highest BCUT2D eigenvalue weighted by molar-refractivity contribution is 7.98. The van der Waals surface area contributed by atoms with Gasteiger partial charge < -0.3 is 9.88 Å². The average Bonchev–Trinajstić information content (AvgIpc) is 3.09. The van der Waals surface area contributed by atoms with Gasteiger partial charge in [-0.3, -0.25) is 14.9 Å². The summed E-state index contributed by atoms with van der Waals surface area (Å²) in [5.74, 6) is 1.05. The monoisotopic (exact) mass is 411 g/mol. The molecule has 0 unspecified atom stereocenters. The van der Waals surface area contributed by atoms with Crippen molar-refractivity contribution in [2.45, 2.75) is 37.7 Å². The van der Waals surface area contributed by atoms with E-state index >= 15 is 0 Å². The van der Waals surface area contributed by atoms with Gasteiger partial charge in [0.2, 0.25) is 5.91 Å². The second-order valence-electron chi connectivity index (χ2n) is 6.45. The van der Waals surface area contributed by atoms with Crippen molar-refractivity contribution in [3.8, 4) is 0 Å². The van der Waals surface area contributed by atoms with Crippen molar-refractivity contribution in [1.29, 1.82) is 0 Å². The van der Waals surface area contributed by atoms with Crippen LogP contribution in [0.5, 0.6) is 0 Å². The number of aromatic nitrogens is 3. The summed E-state index contributed by atoms with van der Waals surface area (Å²) in [5, 5.41) is 22.7. The lowest BCUT2D eigenvalue weighted by Crippen LogP contribution is -2.17. The summed E-state index contributed by atoms with van der Waals surface area (Å²) in [6.45, 7) is 4.61. The largest absolute Gasteiger partial charge is 0.326 e. The normalized spacial score (nSPS) is 10.7. The first kappa shape index (κ1) is 20.5. The SMILES string of the molecule is CCn1c(CC(=O)Nc2ccc(C)cc2)nnc1SCc1ccc([N+](=O)[O-])cc1. The van der Waals surface area contributed by atoms with Crippen molar-refractivity contribution in [2.75, 3.05) is 5.32 Å². The summed E-state index contributed by atoms with van der Waals surface area (Å²) in [6, 6.07) is 14.0. The Morgan fingerprint density at radius 1 is 1.14 bits per heavy atom. The first-order valence-electron chi connectivity index (χ1n) is 9.11. The summed E-state index contributed by atoms with van der Waals surface area (Å²) < 4.78 is 1.91. The van der Waals surface area contributed by atoms with Crippen LogP contribution in [0, 0.1) is 17.0 Å². The number of anilines is 1. The maximum Gasteiger partial charge on any atom is 0.269 e. The molecule has 0 aliphatic heterocycles. The van der Waals surface area contributed by atoms with Crippen molar-refractivity contribution in [2.24, 2.45) is 0 Å². The number of amides is 1. The number of carbonyl (C=O) groups excluding carboxylic acids is 1. The van der Waals surface area contributed by atoms with Gasteiger partial charge in [0.25, 0.3) is 5.69 Å². The van der Waals surface area contributed by atoms with Gasteiger partial charge in [0.1, 0.15) is 5.82 Å². The fraction of sp³-hybridized carbons (Fsp3) is 0.250. The maximum atomic E-state index is 12.4. The van der Waals surface area contributed by atoms with Gasteiger partial charge >= 0.3 is 0 Å². The van der Waals surface area contributed by atoms with Crippen molar-refractivity contribution in [1.82, 2.24) is 14.8 Å². The summed E-state index contributed by atoms with van der Waals surface area (Å²) in [7, 11) is 0. The minimum atomic E-state index is -0.418. The molecule has 9 heteroatoms. The lowest BCUT2D eigenvalue weighted by Gasteiger charge is -2.08. The molecule has 0 spiro atoms. The Morgan fingerprint density at radius 3 is 2.45 bits per heavy atom. The number of rotatable bonds is 8. The first-order valence-corrected chi connectivity index (χ1v) is 10.1. The van der Waals surface area contributed by atoms with E-state index in [1.54, 1.807) is 12.1 Å². The van der Waals surface area contributed by atoms with E-state index < -0.39 is 4.92 Å². The third-order valence-electron chi connectivity index (χ3n) is 4.28. The summed E-state index contributed by atoms with van der Waals surface area (Å²) in [4.78, 5) is 22.7. The van der Waals surface area contributed by atoms with Gasteiger partial charge in [0.15, 0.2) is 5.16 Å². The number of nitro benzene ring substituents is 1. The van der Waals surface area contributed by atoms with E-state index in [2.05, 4.69) is 15.5 Å². The quantitative estimate of drug-likeness (QED) is 0.342. The number of thioether (sulfide) groups is 1. The fourth-order valence-corrected chi connectivity index (χ4v) is 3.70. The molecule has 0 radical (unpaired) electrons. The summed E-state index contributed by atoms with van der Waals surface area (Å²) in [6.07, 6.45) is 0.132. The molecule has 8 nitrogen and oxygen atoms in total. The zero-order valence-corrected chi connectivity index (χ0v) is 17.0. The average molecular weight is 411 g/mol. The Hall–Kier alpha value is -3.20. The van der Waals surface area contributed by atoms with Gasteiger partial charge in [-0.1, -0.05) is 41.6 Å². The lowest BCUT2D eigenvalue weighted by atomic mass is 10.2. The summed E-state index contributed by atoms with van der Waals surface area (Å²) in [5.41, 5.74) is 2.89. The van der Waals surface area contributed by atoms with E-state index in [9.17, 15) is 14.9 Å². The van der Waals surface area contributed by atoms with Crippen LogP contribution in [0.15, 0.2) is 53.7 Å². The molecule has 3 rings (SSSR count). The van der Waals surface area contributed by atoms with Gasteiger partial charge in [-0.05, 0) is 31.5 Å². The lowest BCUT2D eigenvalue weighted by molar-refractivity contribution is -0.384. The second kappa shape index (κ2) is 9.33. The Labute approximate surface area is 172 Å². The molecule has 29 heavy (non-hydrogen) atoms. The Kier molecular flexibility index (Phi) is 6.61. The third kappa shape index (κ3) is 5.41. The van der Waals surface area contributed by atoms with Gasteiger partial charge in [0, 0.05) is 30.1 Å². The van der Waals surface area contributed by atoms with Crippen molar-refractivity contribution < 1.29 is 9.72 Å². The number of hydrogen-bond acceptors (Lipinski definition) is 6. The summed E-state index contributed by atoms with van der Waals surface area (Å²) >= 11 is 1.48. The van der Waals surface area contributed by atoms with Crippen molar-refractivity contribution in [3.63, 3.8) is 0 Å². The van der Waals surface area contributed by atoms with E-state index in [1.807, 2.05) is 42.7 Å². The van der Waals surface area contributed by atoms with Crippen LogP contribution in [0.2, 0.25) is 0 Å². The zero-order valence-electron chi connectivity index (χ0n) is 16.2. The van der Waals surface area contributed by atoms with Crippen LogP contribution in [0.3, 0.4) is 0 Å². The van der Waals surface area contributed by atoms with Crippen molar-refractivity contribution >= 4 is 29.0 Å². The second-order valence-corrected chi connectivity index (χ2v) is 7.39. The molecular weight excluding hydrogens is 390 g/mol. The van der Waals surface area contributed by atoms with E-state index in [-0.39, 0.29) is 18.0 Å². The highest BCUT2D eigenvalue weighted by Gasteiger charge is 2.15. The molecule has 0 bridgehead atoms. The smallest absolute Gasteiger partial charge is 0.269 e. The van der Waals surface area contributed by atoms with E-state index in [0.29, 0.717) is 23.3 Å². The van der Waals surface area contributed by atoms with Crippen LogP contribution in [0.4, 0.5) is 11.4 Å².